The van der Waals surface area contributed by atoms with Crippen LogP contribution < -0.4 is 9.80 Å². The summed E-state index contributed by atoms with van der Waals surface area (Å²) in [5.41, 5.74) is 2.58. The van der Waals surface area contributed by atoms with E-state index in [2.05, 4.69) is 21.7 Å². The summed E-state index contributed by atoms with van der Waals surface area (Å²) >= 11 is 1.86. The monoisotopic (exact) mass is 382 g/mol. The van der Waals surface area contributed by atoms with Crippen molar-refractivity contribution in [2.24, 2.45) is 5.92 Å². The molecular weight excluding hydrogens is 359 g/mol. The second-order valence-corrected chi connectivity index (χ2v) is 8.76. The zero-order valence-electron chi connectivity index (χ0n) is 15.5. The maximum Gasteiger partial charge on any atom is 0.141 e. The maximum atomic E-state index is 13.2. The summed E-state index contributed by atoms with van der Waals surface area (Å²) in [4.78, 5) is 16.6. The van der Waals surface area contributed by atoms with E-state index < -0.39 is 0 Å². The van der Waals surface area contributed by atoms with Crippen LogP contribution in [-0.2, 0) is 12.8 Å². The number of rotatable bonds is 2. The predicted molar refractivity (Wildman–Crippen MR) is 109 cm³/mol. The zero-order valence-corrected chi connectivity index (χ0v) is 16.3. The van der Waals surface area contributed by atoms with Crippen LogP contribution in [0.15, 0.2) is 30.6 Å². The Morgan fingerprint density at radius 2 is 1.78 bits per heavy atom. The van der Waals surface area contributed by atoms with E-state index in [1.54, 1.807) is 6.33 Å². The predicted octanol–water partition coefficient (Wildman–Crippen LogP) is 4.28. The van der Waals surface area contributed by atoms with Crippen molar-refractivity contribution in [2.45, 2.75) is 26.2 Å². The molecule has 0 N–H and O–H groups in total. The number of hydrogen-bond acceptors (Lipinski definition) is 5. The topological polar surface area (TPSA) is 32.3 Å². The molecule has 27 heavy (non-hydrogen) atoms. The Labute approximate surface area is 162 Å². The fourth-order valence-electron chi connectivity index (χ4n) is 4.33. The van der Waals surface area contributed by atoms with Crippen molar-refractivity contribution in [2.75, 3.05) is 36.0 Å². The fourth-order valence-corrected chi connectivity index (χ4v) is 5.67. The van der Waals surface area contributed by atoms with Crippen molar-refractivity contribution in [1.29, 1.82) is 0 Å². The molecule has 0 amide bonds. The van der Waals surface area contributed by atoms with Crippen LogP contribution in [0.3, 0.4) is 0 Å². The van der Waals surface area contributed by atoms with Gasteiger partial charge in [-0.15, -0.1) is 11.3 Å². The number of nitrogens with zero attached hydrogens (tertiary/aromatic N) is 4. The average Bonchev–Trinajstić information content (AvgIpc) is 3.06. The molecule has 5 rings (SSSR count). The second-order valence-electron chi connectivity index (χ2n) is 7.68. The Hall–Kier alpha value is -2.21. The lowest BCUT2D eigenvalue weighted by Crippen LogP contribution is -2.47. The third-order valence-corrected chi connectivity index (χ3v) is 7.01. The summed E-state index contributed by atoms with van der Waals surface area (Å²) in [6.07, 6.45) is 5.29. The Bertz CT molecular complexity index is 960. The van der Waals surface area contributed by atoms with Gasteiger partial charge in [-0.25, -0.2) is 14.4 Å². The molecule has 1 aliphatic heterocycles. The smallest absolute Gasteiger partial charge is 0.141 e. The highest BCUT2D eigenvalue weighted by atomic mass is 32.1. The molecule has 1 saturated heterocycles. The van der Waals surface area contributed by atoms with E-state index in [-0.39, 0.29) is 5.82 Å². The summed E-state index contributed by atoms with van der Waals surface area (Å²) in [5, 5.41) is 1.29. The van der Waals surface area contributed by atoms with Crippen molar-refractivity contribution in [3.8, 4) is 0 Å². The first-order chi connectivity index (χ1) is 13.2. The van der Waals surface area contributed by atoms with Gasteiger partial charge in [-0.3, -0.25) is 0 Å². The highest BCUT2D eigenvalue weighted by Gasteiger charge is 2.26. The average molecular weight is 383 g/mol. The third-order valence-electron chi connectivity index (χ3n) is 5.84. The summed E-state index contributed by atoms with van der Waals surface area (Å²) in [7, 11) is 0. The minimum atomic E-state index is -0.183. The molecule has 1 unspecified atom stereocenters. The first-order valence-electron chi connectivity index (χ1n) is 9.70. The Morgan fingerprint density at radius 1 is 1.04 bits per heavy atom. The van der Waals surface area contributed by atoms with Crippen LogP contribution >= 0.6 is 11.3 Å². The molecule has 140 valence electrons. The lowest BCUT2D eigenvalue weighted by molar-refractivity contribution is 0.509. The van der Waals surface area contributed by atoms with Gasteiger partial charge in [0.05, 0.1) is 5.39 Å². The van der Waals surface area contributed by atoms with E-state index in [1.807, 2.05) is 23.5 Å². The molecule has 0 spiro atoms. The van der Waals surface area contributed by atoms with Gasteiger partial charge >= 0.3 is 0 Å². The summed E-state index contributed by atoms with van der Waals surface area (Å²) < 4.78 is 13.2. The number of halogens is 1. The maximum absolute atomic E-state index is 13.2. The Balaban J connectivity index is 1.41. The van der Waals surface area contributed by atoms with Crippen LogP contribution in [-0.4, -0.2) is 36.1 Å². The molecule has 0 radical (unpaired) electrons. The van der Waals surface area contributed by atoms with Crippen molar-refractivity contribution >= 4 is 33.1 Å². The molecule has 0 bridgehead atoms. The van der Waals surface area contributed by atoms with Crippen molar-refractivity contribution in [3.05, 3.63) is 46.9 Å². The molecule has 1 fully saturated rings. The molecule has 4 nitrogen and oxygen atoms in total. The molecule has 2 aromatic heterocycles. The first kappa shape index (κ1) is 16.9. The van der Waals surface area contributed by atoms with Gasteiger partial charge in [0.1, 0.15) is 22.8 Å². The highest BCUT2D eigenvalue weighted by molar-refractivity contribution is 7.19. The molecular formula is C21H23FN4S. The van der Waals surface area contributed by atoms with E-state index in [0.29, 0.717) is 0 Å². The second kappa shape index (κ2) is 6.75. The molecule has 0 saturated carbocycles. The van der Waals surface area contributed by atoms with Crippen molar-refractivity contribution in [3.63, 3.8) is 0 Å². The highest BCUT2D eigenvalue weighted by Crippen LogP contribution is 2.40. The molecule has 1 aliphatic carbocycles. The number of anilines is 2. The molecule has 1 aromatic carbocycles. The van der Waals surface area contributed by atoms with Crippen molar-refractivity contribution in [1.82, 2.24) is 9.97 Å². The Kier molecular flexibility index (Phi) is 4.23. The number of piperazine rings is 1. The fraction of sp³-hybridized carbons (Fsp3) is 0.429. The van der Waals surface area contributed by atoms with Gasteiger partial charge in [-0.1, -0.05) is 6.92 Å². The number of thiophene rings is 1. The zero-order chi connectivity index (χ0) is 18.4. The van der Waals surface area contributed by atoms with E-state index in [0.717, 1.165) is 54.9 Å². The molecule has 1 atom stereocenters. The van der Waals surface area contributed by atoms with E-state index in [1.165, 1.54) is 40.8 Å². The normalized spacial score (nSPS) is 20.1. The van der Waals surface area contributed by atoms with Crippen LogP contribution in [0.2, 0.25) is 0 Å². The largest absolute Gasteiger partial charge is 0.368 e. The number of aromatic nitrogens is 2. The van der Waals surface area contributed by atoms with Gasteiger partial charge in [0.15, 0.2) is 0 Å². The molecule has 3 heterocycles. The van der Waals surface area contributed by atoms with Gasteiger partial charge in [-0.2, -0.15) is 0 Å². The molecule has 3 aromatic rings. The molecule has 2 aliphatic rings. The third kappa shape index (κ3) is 3.06. The molecule has 6 heteroatoms. The number of hydrogen-bond donors (Lipinski definition) is 0. The summed E-state index contributed by atoms with van der Waals surface area (Å²) in [5.74, 6) is 1.68. The number of benzene rings is 1. The summed E-state index contributed by atoms with van der Waals surface area (Å²) in [6.45, 7) is 6.02. The van der Waals surface area contributed by atoms with Crippen LogP contribution in [0.5, 0.6) is 0 Å². The first-order valence-corrected chi connectivity index (χ1v) is 10.5. The number of fused-ring (bicyclic) bond motifs is 3. The van der Waals surface area contributed by atoms with Crippen LogP contribution in [0, 0.1) is 11.7 Å². The van der Waals surface area contributed by atoms with Gasteiger partial charge < -0.3 is 9.80 Å². The standard InChI is InChI=1S/C21H23FN4S/c1-14-2-7-17-18(12-14)27-21-19(17)20(23-13-24-21)26-10-8-25(9-11-26)16-5-3-15(22)4-6-16/h3-6,13-14H,2,7-12H2,1H3. The number of aryl methyl sites for hydroxylation is 1. The van der Waals surface area contributed by atoms with Gasteiger partial charge in [0.25, 0.3) is 0 Å². The van der Waals surface area contributed by atoms with Crippen LogP contribution in [0.4, 0.5) is 15.9 Å². The van der Waals surface area contributed by atoms with Crippen LogP contribution in [0.1, 0.15) is 23.8 Å². The minimum Gasteiger partial charge on any atom is -0.368 e. The van der Waals surface area contributed by atoms with Gasteiger partial charge in [0.2, 0.25) is 0 Å². The lowest BCUT2D eigenvalue weighted by atomic mass is 9.89. The summed E-state index contributed by atoms with van der Waals surface area (Å²) in [6, 6.07) is 6.80. The van der Waals surface area contributed by atoms with Gasteiger partial charge in [-0.05, 0) is 55.0 Å². The SMILES string of the molecule is CC1CCc2c(sc3ncnc(N4CCN(c5ccc(F)cc5)CC4)c23)C1. The minimum absolute atomic E-state index is 0.183. The van der Waals surface area contributed by atoms with Crippen molar-refractivity contribution < 1.29 is 4.39 Å². The van der Waals surface area contributed by atoms with Gasteiger partial charge in [0, 0.05) is 36.7 Å². The van der Waals surface area contributed by atoms with Crippen LogP contribution in [0.25, 0.3) is 10.2 Å². The van der Waals surface area contributed by atoms with E-state index in [4.69, 9.17) is 4.98 Å². The quantitative estimate of drug-likeness (QED) is 0.662. The van der Waals surface area contributed by atoms with E-state index >= 15 is 0 Å². The lowest BCUT2D eigenvalue weighted by Gasteiger charge is -2.37. The Morgan fingerprint density at radius 3 is 2.56 bits per heavy atom. The van der Waals surface area contributed by atoms with E-state index in [9.17, 15) is 4.39 Å².